The summed E-state index contributed by atoms with van der Waals surface area (Å²) in [7, 11) is 1.56. The Balaban J connectivity index is 0.000000277. The van der Waals surface area contributed by atoms with Crippen LogP contribution in [0.15, 0.2) is 18.2 Å². The van der Waals surface area contributed by atoms with Gasteiger partial charge in [0.05, 0.1) is 5.56 Å². The minimum Gasteiger partial charge on any atom is -0.355 e. The number of amides is 3. The van der Waals surface area contributed by atoms with Gasteiger partial charge >= 0.3 is 0 Å². The minimum absolute atomic E-state index is 0.138. The standard InChI is InChI=1S/C12H15NO2.C5H7NO2/c1-8(2)10-6-4-5-9(7-14)11(10)12(15)13-3;7-4-2-1-3-5(8)6-4/h4-8H,1-3H3,(H,13,15);1-3H2,(H,6,7,8). The van der Waals surface area contributed by atoms with Crippen molar-refractivity contribution in [3.05, 3.63) is 34.9 Å². The van der Waals surface area contributed by atoms with Gasteiger partial charge in [0.1, 0.15) is 0 Å². The Kier molecular flexibility index (Phi) is 7.12. The van der Waals surface area contributed by atoms with E-state index in [9.17, 15) is 19.2 Å². The molecular formula is C17H22N2O4. The second-order valence-corrected chi connectivity index (χ2v) is 5.49. The van der Waals surface area contributed by atoms with Crippen molar-refractivity contribution in [2.75, 3.05) is 7.05 Å². The number of piperidine rings is 1. The Bertz CT molecular complexity index is 595. The number of benzene rings is 1. The average molecular weight is 318 g/mol. The van der Waals surface area contributed by atoms with Crippen molar-refractivity contribution in [2.24, 2.45) is 0 Å². The maximum Gasteiger partial charge on any atom is 0.252 e. The third kappa shape index (κ3) is 5.32. The first kappa shape index (κ1) is 18.5. The molecule has 1 aliphatic rings. The van der Waals surface area contributed by atoms with Gasteiger partial charge in [-0.1, -0.05) is 32.0 Å². The second-order valence-electron chi connectivity index (χ2n) is 5.49. The van der Waals surface area contributed by atoms with Gasteiger partial charge in [0.15, 0.2) is 6.29 Å². The summed E-state index contributed by atoms with van der Waals surface area (Å²) in [6.07, 6.45) is 2.44. The number of hydrogen-bond donors (Lipinski definition) is 2. The first-order valence-corrected chi connectivity index (χ1v) is 7.53. The Morgan fingerprint density at radius 2 is 1.83 bits per heavy atom. The molecule has 1 saturated heterocycles. The van der Waals surface area contributed by atoms with Crippen LogP contribution in [0, 0.1) is 0 Å². The summed E-state index contributed by atoms with van der Waals surface area (Å²) in [4.78, 5) is 43.2. The maximum absolute atomic E-state index is 11.6. The van der Waals surface area contributed by atoms with Crippen LogP contribution in [0.3, 0.4) is 0 Å². The van der Waals surface area contributed by atoms with Crippen LogP contribution >= 0.6 is 0 Å². The first-order valence-electron chi connectivity index (χ1n) is 7.53. The number of rotatable bonds is 3. The summed E-state index contributed by atoms with van der Waals surface area (Å²) in [5.41, 5.74) is 1.84. The van der Waals surface area contributed by atoms with Gasteiger partial charge in [-0.05, 0) is 17.9 Å². The molecule has 1 aromatic carbocycles. The molecule has 6 heteroatoms. The Morgan fingerprint density at radius 1 is 1.22 bits per heavy atom. The van der Waals surface area contributed by atoms with E-state index in [-0.39, 0.29) is 23.6 Å². The first-order chi connectivity index (χ1) is 10.9. The molecule has 1 aromatic rings. The van der Waals surface area contributed by atoms with Crippen molar-refractivity contribution in [1.29, 1.82) is 0 Å². The van der Waals surface area contributed by atoms with Gasteiger partial charge < -0.3 is 5.32 Å². The smallest absolute Gasteiger partial charge is 0.252 e. The molecule has 6 nitrogen and oxygen atoms in total. The van der Waals surface area contributed by atoms with Crippen LogP contribution in [0.1, 0.15) is 65.3 Å². The number of aldehydes is 1. The molecular weight excluding hydrogens is 296 g/mol. The van der Waals surface area contributed by atoms with Gasteiger partial charge in [-0.15, -0.1) is 0 Å². The summed E-state index contributed by atoms with van der Waals surface area (Å²) < 4.78 is 0. The van der Waals surface area contributed by atoms with Gasteiger partial charge in [0.2, 0.25) is 11.8 Å². The van der Waals surface area contributed by atoms with E-state index in [1.54, 1.807) is 19.2 Å². The van der Waals surface area contributed by atoms with Crippen molar-refractivity contribution < 1.29 is 19.2 Å². The highest BCUT2D eigenvalue weighted by molar-refractivity contribution is 6.02. The number of carbonyl (C=O) groups is 4. The Labute approximate surface area is 135 Å². The van der Waals surface area contributed by atoms with Gasteiger partial charge in [-0.3, -0.25) is 24.5 Å². The van der Waals surface area contributed by atoms with Crippen molar-refractivity contribution in [2.45, 2.75) is 39.0 Å². The largest absolute Gasteiger partial charge is 0.355 e. The molecule has 0 radical (unpaired) electrons. The molecule has 1 heterocycles. The van der Waals surface area contributed by atoms with E-state index in [1.807, 2.05) is 19.9 Å². The summed E-state index contributed by atoms with van der Waals surface area (Å²) in [6, 6.07) is 5.33. The highest BCUT2D eigenvalue weighted by atomic mass is 16.2. The molecule has 1 fully saturated rings. The van der Waals surface area contributed by atoms with Crippen molar-refractivity contribution in [3.63, 3.8) is 0 Å². The van der Waals surface area contributed by atoms with Gasteiger partial charge in [0.25, 0.3) is 5.91 Å². The molecule has 124 valence electrons. The van der Waals surface area contributed by atoms with Gasteiger partial charge in [-0.25, -0.2) is 0 Å². The molecule has 2 N–H and O–H groups in total. The predicted molar refractivity (Wildman–Crippen MR) is 86.3 cm³/mol. The van der Waals surface area contributed by atoms with Gasteiger partial charge in [-0.2, -0.15) is 0 Å². The lowest BCUT2D eigenvalue weighted by atomic mass is 9.93. The molecule has 0 unspecified atom stereocenters. The zero-order chi connectivity index (χ0) is 17.4. The van der Waals surface area contributed by atoms with E-state index in [4.69, 9.17) is 0 Å². The normalized spacial score (nSPS) is 13.7. The van der Waals surface area contributed by atoms with Crippen LogP contribution in [-0.4, -0.2) is 31.1 Å². The number of nitrogens with one attached hydrogen (secondary N) is 2. The molecule has 0 aliphatic carbocycles. The van der Waals surface area contributed by atoms with Crippen LogP contribution in [-0.2, 0) is 9.59 Å². The van der Waals surface area contributed by atoms with Crippen LogP contribution in [0.2, 0.25) is 0 Å². The van der Waals surface area contributed by atoms with Crippen LogP contribution in [0.5, 0.6) is 0 Å². The molecule has 0 bridgehead atoms. The molecule has 3 amide bonds. The quantitative estimate of drug-likeness (QED) is 0.656. The fourth-order valence-electron chi connectivity index (χ4n) is 2.25. The number of imide groups is 1. The van der Waals surface area contributed by atoms with Crippen molar-refractivity contribution >= 4 is 24.0 Å². The van der Waals surface area contributed by atoms with Crippen LogP contribution in [0.25, 0.3) is 0 Å². The van der Waals surface area contributed by atoms with Gasteiger partial charge in [0, 0.05) is 25.5 Å². The average Bonchev–Trinajstić information content (AvgIpc) is 2.53. The Hall–Kier alpha value is -2.50. The van der Waals surface area contributed by atoms with E-state index in [1.165, 1.54) is 0 Å². The molecule has 0 atom stereocenters. The highest BCUT2D eigenvalue weighted by Crippen LogP contribution is 2.21. The van der Waals surface area contributed by atoms with E-state index in [2.05, 4.69) is 10.6 Å². The molecule has 0 spiro atoms. The van der Waals surface area contributed by atoms with Crippen molar-refractivity contribution in [1.82, 2.24) is 10.6 Å². The summed E-state index contributed by atoms with van der Waals surface area (Å²) in [5.74, 6) is -0.263. The fourth-order valence-corrected chi connectivity index (χ4v) is 2.25. The lowest BCUT2D eigenvalue weighted by Gasteiger charge is -2.13. The zero-order valence-corrected chi connectivity index (χ0v) is 13.6. The summed E-state index contributed by atoms with van der Waals surface area (Å²) >= 11 is 0. The van der Waals surface area contributed by atoms with E-state index in [0.717, 1.165) is 11.8 Å². The fraction of sp³-hybridized carbons (Fsp3) is 0.412. The molecule has 0 aromatic heterocycles. The molecule has 23 heavy (non-hydrogen) atoms. The minimum atomic E-state index is -0.207. The maximum atomic E-state index is 11.6. The van der Waals surface area contributed by atoms with E-state index < -0.39 is 0 Å². The molecule has 2 rings (SSSR count). The van der Waals surface area contributed by atoms with E-state index >= 15 is 0 Å². The number of hydrogen-bond acceptors (Lipinski definition) is 4. The summed E-state index contributed by atoms with van der Waals surface area (Å²) in [6.45, 7) is 3.99. The van der Waals surface area contributed by atoms with Crippen molar-refractivity contribution in [3.8, 4) is 0 Å². The predicted octanol–water partition coefficient (Wildman–Crippen LogP) is 1.80. The third-order valence-electron chi connectivity index (χ3n) is 3.42. The Morgan fingerprint density at radius 3 is 2.22 bits per heavy atom. The SMILES string of the molecule is CNC(=O)c1c(C=O)cccc1C(C)C.O=C1CCCC(=O)N1. The molecule has 0 saturated carbocycles. The second kappa shape index (κ2) is 8.82. The number of carbonyl (C=O) groups excluding carboxylic acids is 4. The monoisotopic (exact) mass is 318 g/mol. The third-order valence-corrected chi connectivity index (χ3v) is 3.42. The zero-order valence-electron chi connectivity index (χ0n) is 13.6. The topological polar surface area (TPSA) is 92.3 Å². The van der Waals surface area contributed by atoms with E-state index in [0.29, 0.717) is 30.4 Å². The lowest BCUT2D eigenvalue weighted by Crippen LogP contribution is -2.33. The highest BCUT2D eigenvalue weighted by Gasteiger charge is 2.16. The van der Waals surface area contributed by atoms with Crippen LogP contribution < -0.4 is 10.6 Å². The van der Waals surface area contributed by atoms with Crippen LogP contribution in [0.4, 0.5) is 0 Å². The molecule has 1 aliphatic heterocycles. The summed E-state index contributed by atoms with van der Waals surface area (Å²) in [5, 5.41) is 4.75. The lowest BCUT2D eigenvalue weighted by molar-refractivity contribution is -0.132.